The lowest BCUT2D eigenvalue weighted by atomic mass is 10.3. The van der Waals surface area contributed by atoms with Crippen molar-refractivity contribution < 1.29 is 9.53 Å². The highest BCUT2D eigenvalue weighted by molar-refractivity contribution is 5.75. The molecule has 0 saturated heterocycles. The Morgan fingerprint density at radius 1 is 1.46 bits per heavy atom. The standard InChI is InChI=1S/C9H20N2O2/c1-11(2)7-4-6-10-9(12)5-8-13-3/h4-8H2,1-3H3,(H,10,12). The molecule has 0 aliphatic heterocycles. The summed E-state index contributed by atoms with van der Waals surface area (Å²) in [5.74, 6) is 0.0700. The molecule has 4 heteroatoms. The van der Waals surface area contributed by atoms with Crippen LogP contribution in [0.2, 0.25) is 0 Å². The maximum Gasteiger partial charge on any atom is 0.222 e. The molecule has 0 aromatic heterocycles. The SMILES string of the molecule is COCCC(=O)NCCCN(C)C. The average molecular weight is 188 g/mol. The molecule has 0 bridgehead atoms. The number of hydrogen-bond donors (Lipinski definition) is 1. The number of nitrogens with one attached hydrogen (secondary N) is 1. The van der Waals surface area contributed by atoms with E-state index < -0.39 is 0 Å². The van der Waals surface area contributed by atoms with E-state index in [2.05, 4.69) is 10.2 Å². The molecule has 0 aliphatic rings. The van der Waals surface area contributed by atoms with Gasteiger partial charge in [0.05, 0.1) is 6.61 Å². The van der Waals surface area contributed by atoms with Crippen molar-refractivity contribution in [2.45, 2.75) is 12.8 Å². The first-order valence-electron chi connectivity index (χ1n) is 4.57. The van der Waals surface area contributed by atoms with E-state index in [1.54, 1.807) is 7.11 Å². The topological polar surface area (TPSA) is 41.6 Å². The molecule has 13 heavy (non-hydrogen) atoms. The van der Waals surface area contributed by atoms with Crippen LogP contribution in [0.4, 0.5) is 0 Å². The lowest BCUT2D eigenvalue weighted by Crippen LogP contribution is -2.27. The van der Waals surface area contributed by atoms with Crippen molar-refractivity contribution in [1.82, 2.24) is 10.2 Å². The molecule has 0 atom stereocenters. The van der Waals surface area contributed by atoms with Crippen LogP contribution in [0.5, 0.6) is 0 Å². The number of amides is 1. The Balaban J connectivity index is 3.17. The number of hydrogen-bond acceptors (Lipinski definition) is 3. The van der Waals surface area contributed by atoms with Crippen molar-refractivity contribution >= 4 is 5.91 Å². The summed E-state index contributed by atoms with van der Waals surface area (Å²) in [6.07, 6.45) is 1.45. The number of methoxy groups -OCH3 is 1. The lowest BCUT2D eigenvalue weighted by molar-refractivity contribution is -0.121. The number of nitrogens with zero attached hydrogens (tertiary/aromatic N) is 1. The Hall–Kier alpha value is -0.610. The smallest absolute Gasteiger partial charge is 0.222 e. The zero-order valence-electron chi connectivity index (χ0n) is 8.80. The Morgan fingerprint density at radius 3 is 2.69 bits per heavy atom. The van der Waals surface area contributed by atoms with Crippen LogP contribution >= 0.6 is 0 Å². The summed E-state index contributed by atoms with van der Waals surface area (Å²) in [5.41, 5.74) is 0. The van der Waals surface area contributed by atoms with Crippen LogP contribution in [0, 0.1) is 0 Å². The van der Waals surface area contributed by atoms with Crippen LogP contribution in [0.3, 0.4) is 0 Å². The third kappa shape index (κ3) is 9.30. The maximum atomic E-state index is 11.0. The van der Waals surface area contributed by atoms with Crippen molar-refractivity contribution in [1.29, 1.82) is 0 Å². The van der Waals surface area contributed by atoms with Gasteiger partial charge in [-0.2, -0.15) is 0 Å². The first kappa shape index (κ1) is 12.4. The molecular weight excluding hydrogens is 168 g/mol. The lowest BCUT2D eigenvalue weighted by Gasteiger charge is -2.09. The summed E-state index contributed by atoms with van der Waals surface area (Å²) < 4.78 is 4.79. The molecule has 0 unspecified atom stereocenters. The molecule has 0 aliphatic carbocycles. The Bertz CT molecular complexity index is 138. The van der Waals surface area contributed by atoms with Crippen molar-refractivity contribution in [3.63, 3.8) is 0 Å². The van der Waals surface area contributed by atoms with Gasteiger partial charge in [-0.1, -0.05) is 0 Å². The Labute approximate surface area is 80.2 Å². The van der Waals surface area contributed by atoms with Gasteiger partial charge in [-0.05, 0) is 27.1 Å². The highest BCUT2D eigenvalue weighted by Gasteiger charge is 1.98. The molecular formula is C9H20N2O2. The van der Waals surface area contributed by atoms with E-state index in [9.17, 15) is 4.79 Å². The van der Waals surface area contributed by atoms with E-state index in [1.165, 1.54) is 0 Å². The maximum absolute atomic E-state index is 11.0. The average Bonchev–Trinajstić information content (AvgIpc) is 2.08. The predicted octanol–water partition coefficient (Wildman–Crippen LogP) is 0.0908. The van der Waals surface area contributed by atoms with E-state index in [1.807, 2.05) is 14.1 Å². The summed E-state index contributed by atoms with van der Waals surface area (Å²) in [6, 6.07) is 0. The second kappa shape index (κ2) is 8.01. The summed E-state index contributed by atoms with van der Waals surface area (Å²) in [5, 5.41) is 2.83. The van der Waals surface area contributed by atoms with Gasteiger partial charge in [-0.25, -0.2) is 0 Å². The Kier molecular flexibility index (Phi) is 7.63. The third-order valence-corrected chi connectivity index (χ3v) is 1.64. The minimum absolute atomic E-state index is 0.0700. The van der Waals surface area contributed by atoms with Gasteiger partial charge in [0.1, 0.15) is 0 Å². The van der Waals surface area contributed by atoms with Crippen molar-refractivity contribution in [3.05, 3.63) is 0 Å². The summed E-state index contributed by atoms with van der Waals surface area (Å²) >= 11 is 0. The van der Waals surface area contributed by atoms with Gasteiger partial charge in [0.15, 0.2) is 0 Å². The van der Waals surface area contributed by atoms with E-state index in [0.717, 1.165) is 19.5 Å². The van der Waals surface area contributed by atoms with E-state index >= 15 is 0 Å². The first-order chi connectivity index (χ1) is 6.16. The molecule has 0 aromatic carbocycles. The van der Waals surface area contributed by atoms with Gasteiger partial charge in [-0.3, -0.25) is 4.79 Å². The molecule has 0 heterocycles. The van der Waals surface area contributed by atoms with Gasteiger partial charge in [0, 0.05) is 20.1 Å². The van der Waals surface area contributed by atoms with Crippen molar-refractivity contribution in [2.75, 3.05) is 40.9 Å². The molecule has 4 nitrogen and oxygen atoms in total. The number of carbonyl (C=O) groups is 1. The highest BCUT2D eigenvalue weighted by Crippen LogP contribution is 1.83. The fourth-order valence-corrected chi connectivity index (χ4v) is 0.906. The molecule has 1 N–H and O–H groups in total. The molecule has 0 saturated carbocycles. The second-order valence-electron chi connectivity index (χ2n) is 3.25. The summed E-state index contributed by atoms with van der Waals surface area (Å²) in [4.78, 5) is 13.1. The van der Waals surface area contributed by atoms with E-state index in [4.69, 9.17) is 4.74 Å². The van der Waals surface area contributed by atoms with E-state index in [0.29, 0.717) is 13.0 Å². The van der Waals surface area contributed by atoms with Crippen LogP contribution in [-0.4, -0.2) is 51.7 Å². The van der Waals surface area contributed by atoms with Crippen molar-refractivity contribution in [3.8, 4) is 0 Å². The van der Waals surface area contributed by atoms with Gasteiger partial charge in [-0.15, -0.1) is 0 Å². The number of rotatable bonds is 7. The first-order valence-corrected chi connectivity index (χ1v) is 4.57. The third-order valence-electron chi connectivity index (χ3n) is 1.64. The summed E-state index contributed by atoms with van der Waals surface area (Å²) in [7, 11) is 5.64. The van der Waals surface area contributed by atoms with Gasteiger partial charge >= 0.3 is 0 Å². The molecule has 0 fully saturated rings. The normalized spacial score (nSPS) is 10.5. The molecule has 78 valence electrons. The number of ether oxygens (including phenoxy) is 1. The Morgan fingerprint density at radius 2 is 2.15 bits per heavy atom. The van der Waals surface area contributed by atoms with Crippen LogP contribution in [-0.2, 0) is 9.53 Å². The molecule has 0 rings (SSSR count). The minimum atomic E-state index is 0.0700. The molecule has 0 spiro atoms. The molecule has 0 radical (unpaired) electrons. The minimum Gasteiger partial charge on any atom is -0.384 e. The second-order valence-corrected chi connectivity index (χ2v) is 3.25. The summed E-state index contributed by atoms with van der Waals surface area (Å²) in [6.45, 7) is 2.25. The fraction of sp³-hybridized carbons (Fsp3) is 0.889. The highest BCUT2D eigenvalue weighted by atomic mass is 16.5. The van der Waals surface area contributed by atoms with Crippen LogP contribution in [0.15, 0.2) is 0 Å². The van der Waals surface area contributed by atoms with Gasteiger partial charge in [0.25, 0.3) is 0 Å². The molecule has 0 aromatic rings. The zero-order chi connectivity index (χ0) is 10.1. The van der Waals surface area contributed by atoms with E-state index in [-0.39, 0.29) is 5.91 Å². The van der Waals surface area contributed by atoms with Gasteiger partial charge < -0.3 is 15.0 Å². The zero-order valence-corrected chi connectivity index (χ0v) is 8.80. The predicted molar refractivity (Wildman–Crippen MR) is 52.7 cm³/mol. The van der Waals surface area contributed by atoms with Gasteiger partial charge in [0.2, 0.25) is 5.91 Å². The van der Waals surface area contributed by atoms with Crippen LogP contribution in [0.1, 0.15) is 12.8 Å². The molecule has 1 amide bonds. The quantitative estimate of drug-likeness (QED) is 0.576. The largest absolute Gasteiger partial charge is 0.384 e. The number of carbonyl (C=O) groups excluding carboxylic acids is 1. The van der Waals surface area contributed by atoms with Crippen LogP contribution in [0.25, 0.3) is 0 Å². The van der Waals surface area contributed by atoms with Crippen LogP contribution < -0.4 is 5.32 Å². The fourth-order valence-electron chi connectivity index (χ4n) is 0.906. The van der Waals surface area contributed by atoms with Crippen molar-refractivity contribution in [2.24, 2.45) is 0 Å². The monoisotopic (exact) mass is 188 g/mol.